The lowest BCUT2D eigenvalue weighted by Gasteiger charge is -2.22. The Morgan fingerprint density at radius 2 is 1.94 bits per heavy atom. The maximum Gasteiger partial charge on any atom is 0.250 e. The number of carbonyl (C=O) groups is 1. The second-order valence-electron chi connectivity index (χ2n) is 4.98. The predicted octanol–water partition coefficient (Wildman–Crippen LogP) is 1.91. The van der Waals surface area contributed by atoms with Gasteiger partial charge in [0.25, 0.3) is 0 Å². The van der Waals surface area contributed by atoms with E-state index in [1.807, 2.05) is 30.3 Å². The molecule has 1 aromatic carbocycles. The van der Waals surface area contributed by atoms with Gasteiger partial charge in [0.2, 0.25) is 5.91 Å². The number of hydrogen-bond donors (Lipinski definition) is 2. The molecular weight excluding hydrogens is 228 g/mol. The van der Waals surface area contributed by atoms with Crippen molar-refractivity contribution in [2.24, 2.45) is 5.73 Å². The SMILES string of the molecule is NC1(COCC(=O)Nc2ccccc2)CCCC1. The number of carbonyl (C=O) groups excluding carboxylic acids is 1. The summed E-state index contributed by atoms with van der Waals surface area (Å²) in [4.78, 5) is 11.6. The molecule has 0 spiro atoms. The molecule has 4 nitrogen and oxygen atoms in total. The number of nitrogens with one attached hydrogen (secondary N) is 1. The molecule has 1 fully saturated rings. The van der Waals surface area contributed by atoms with Crippen molar-refractivity contribution in [2.45, 2.75) is 31.2 Å². The van der Waals surface area contributed by atoms with E-state index in [4.69, 9.17) is 10.5 Å². The number of para-hydroxylation sites is 1. The van der Waals surface area contributed by atoms with Crippen molar-refractivity contribution in [3.8, 4) is 0 Å². The molecule has 0 saturated heterocycles. The monoisotopic (exact) mass is 248 g/mol. The second kappa shape index (κ2) is 5.98. The highest BCUT2D eigenvalue weighted by Gasteiger charge is 2.29. The van der Waals surface area contributed by atoms with E-state index < -0.39 is 0 Å². The summed E-state index contributed by atoms with van der Waals surface area (Å²) < 4.78 is 5.42. The van der Waals surface area contributed by atoms with Crippen LogP contribution in [0.1, 0.15) is 25.7 Å². The highest BCUT2D eigenvalue weighted by molar-refractivity contribution is 5.91. The Morgan fingerprint density at radius 3 is 2.61 bits per heavy atom. The van der Waals surface area contributed by atoms with Crippen LogP contribution in [0, 0.1) is 0 Å². The van der Waals surface area contributed by atoms with Gasteiger partial charge in [0.1, 0.15) is 6.61 Å². The van der Waals surface area contributed by atoms with Gasteiger partial charge < -0.3 is 15.8 Å². The minimum Gasteiger partial charge on any atom is -0.370 e. The minimum atomic E-state index is -0.215. The standard InChI is InChI=1S/C14H20N2O2/c15-14(8-4-5-9-14)11-18-10-13(17)16-12-6-2-1-3-7-12/h1-3,6-7H,4-5,8-11,15H2,(H,16,17). The summed E-state index contributed by atoms with van der Waals surface area (Å²) in [6, 6.07) is 9.36. The maximum atomic E-state index is 11.6. The first-order valence-electron chi connectivity index (χ1n) is 6.40. The van der Waals surface area contributed by atoms with Crippen LogP contribution < -0.4 is 11.1 Å². The zero-order valence-electron chi connectivity index (χ0n) is 10.5. The van der Waals surface area contributed by atoms with E-state index >= 15 is 0 Å². The first-order chi connectivity index (χ1) is 8.68. The fraction of sp³-hybridized carbons (Fsp3) is 0.500. The number of ether oxygens (including phenoxy) is 1. The van der Waals surface area contributed by atoms with Gasteiger partial charge in [0, 0.05) is 11.2 Å². The Balaban J connectivity index is 1.69. The Kier molecular flexibility index (Phi) is 4.33. The smallest absolute Gasteiger partial charge is 0.250 e. The molecule has 2 rings (SSSR count). The summed E-state index contributed by atoms with van der Waals surface area (Å²) in [6.45, 7) is 0.531. The lowest BCUT2D eigenvalue weighted by atomic mass is 10.0. The van der Waals surface area contributed by atoms with Gasteiger partial charge >= 0.3 is 0 Å². The molecule has 1 aliphatic carbocycles. The average Bonchev–Trinajstić information content (AvgIpc) is 2.77. The van der Waals surface area contributed by atoms with E-state index in [0.29, 0.717) is 6.61 Å². The molecule has 1 saturated carbocycles. The van der Waals surface area contributed by atoms with Crippen LogP contribution in [-0.4, -0.2) is 24.7 Å². The van der Waals surface area contributed by atoms with Crippen LogP contribution in [0.3, 0.4) is 0 Å². The highest BCUT2D eigenvalue weighted by atomic mass is 16.5. The van der Waals surface area contributed by atoms with Gasteiger partial charge in [-0.05, 0) is 25.0 Å². The molecule has 1 amide bonds. The van der Waals surface area contributed by atoms with Crippen LogP contribution in [-0.2, 0) is 9.53 Å². The third-order valence-electron chi connectivity index (χ3n) is 3.28. The largest absolute Gasteiger partial charge is 0.370 e. The Labute approximate surface area is 108 Å². The number of rotatable bonds is 5. The van der Waals surface area contributed by atoms with E-state index in [1.54, 1.807) is 0 Å². The summed E-state index contributed by atoms with van der Waals surface area (Å²) in [7, 11) is 0. The van der Waals surface area contributed by atoms with Crippen molar-refractivity contribution >= 4 is 11.6 Å². The summed E-state index contributed by atoms with van der Waals surface area (Å²) in [6.07, 6.45) is 4.31. The predicted molar refractivity (Wildman–Crippen MR) is 71.3 cm³/mol. The second-order valence-corrected chi connectivity index (χ2v) is 4.98. The van der Waals surface area contributed by atoms with Crippen LogP contribution in [0.2, 0.25) is 0 Å². The quantitative estimate of drug-likeness (QED) is 0.836. The van der Waals surface area contributed by atoms with Crippen molar-refractivity contribution < 1.29 is 9.53 Å². The molecule has 0 heterocycles. The normalized spacial score (nSPS) is 17.6. The lowest BCUT2D eigenvalue weighted by molar-refractivity contribution is -0.121. The van der Waals surface area contributed by atoms with Crippen LogP contribution >= 0.6 is 0 Å². The van der Waals surface area contributed by atoms with Gasteiger partial charge in [-0.25, -0.2) is 0 Å². The first kappa shape index (κ1) is 13.1. The summed E-state index contributed by atoms with van der Waals surface area (Å²) in [5.74, 6) is -0.136. The molecular formula is C14H20N2O2. The molecule has 0 aliphatic heterocycles. The van der Waals surface area contributed by atoms with Crippen molar-refractivity contribution in [3.05, 3.63) is 30.3 Å². The third-order valence-corrected chi connectivity index (χ3v) is 3.28. The molecule has 98 valence electrons. The minimum absolute atomic E-state index is 0.0633. The van der Waals surface area contributed by atoms with Crippen LogP contribution in [0.5, 0.6) is 0 Å². The number of anilines is 1. The molecule has 0 atom stereocenters. The highest BCUT2D eigenvalue weighted by Crippen LogP contribution is 2.27. The molecule has 4 heteroatoms. The lowest BCUT2D eigenvalue weighted by Crippen LogP contribution is -2.42. The number of benzene rings is 1. The van der Waals surface area contributed by atoms with E-state index in [-0.39, 0.29) is 18.1 Å². The Morgan fingerprint density at radius 1 is 1.28 bits per heavy atom. The van der Waals surface area contributed by atoms with Gasteiger partial charge in [-0.3, -0.25) is 4.79 Å². The zero-order valence-corrected chi connectivity index (χ0v) is 10.5. The molecule has 0 bridgehead atoms. The molecule has 3 N–H and O–H groups in total. The van der Waals surface area contributed by atoms with Gasteiger partial charge in [0.05, 0.1) is 6.61 Å². The summed E-state index contributed by atoms with van der Waals surface area (Å²) in [5, 5.41) is 2.78. The van der Waals surface area contributed by atoms with E-state index in [2.05, 4.69) is 5.32 Å². The Hall–Kier alpha value is -1.39. The number of nitrogens with two attached hydrogens (primary N) is 1. The van der Waals surface area contributed by atoms with Crippen molar-refractivity contribution in [1.82, 2.24) is 0 Å². The summed E-state index contributed by atoms with van der Waals surface area (Å²) >= 11 is 0. The first-order valence-corrected chi connectivity index (χ1v) is 6.40. The fourth-order valence-electron chi connectivity index (χ4n) is 2.29. The van der Waals surface area contributed by atoms with E-state index in [9.17, 15) is 4.79 Å². The van der Waals surface area contributed by atoms with Crippen LogP contribution in [0.25, 0.3) is 0 Å². The number of amides is 1. The fourth-order valence-corrected chi connectivity index (χ4v) is 2.29. The topological polar surface area (TPSA) is 64.3 Å². The van der Waals surface area contributed by atoms with E-state index in [1.165, 1.54) is 0 Å². The third kappa shape index (κ3) is 3.82. The van der Waals surface area contributed by atoms with Gasteiger partial charge in [-0.1, -0.05) is 31.0 Å². The van der Waals surface area contributed by atoms with Crippen LogP contribution in [0.15, 0.2) is 30.3 Å². The average molecular weight is 248 g/mol. The van der Waals surface area contributed by atoms with E-state index in [0.717, 1.165) is 31.4 Å². The van der Waals surface area contributed by atoms with Gasteiger partial charge in [-0.15, -0.1) is 0 Å². The molecule has 0 unspecified atom stereocenters. The maximum absolute atomic E-state index is 11.6. The molecule has 1 aromatic rings. The van der Waals surface area contributed by atoms with Crippen molar-refractivity contribution in [2.75, 3.05) is 18.5 Å². The van der Waals surface area contributed by atoms with Crippen molar-refractivity contribution in [3.63, 3.8) is 0 Å². The molecule has 18 heavy (non-hydrogen) atoms. The molecule has 0 aromatic heterocycles. The van der Waals surface area contributed by atoms with Gasteiger partial charge in [-0.2, -0.15) is 0 Å². The number of hydrogen-bond acceptors (Lipinski definition) is 3. The molecule has 0 radical (unpaired) electrons. The van der Waals surface area contributed by atoms with Crippen molar-refractivity contribution in [1.29, 1.82) is 0 Å². The summed E-state index contributed by atoms with van der Waals surface area (Å²) in [5.41, 5.74) is 6.71. The van der Waals surface area contributed by atoms with Crippen LogP contribution in [0.4, 0.5) is 5.69 Å². The Bertz CT molecular complexity index is 386. The molecule has 1 aliphatic rings. The van der Waals surface area contributed by atoms with Gasteiger partial charge in [0.15, 0.2) is 0 Å². The zero-order chi connectivity index (χ0) is 12.8.